The second-order valence-corrected chi connectivity index (χ2v) is 4.47. The van der Waals surface area contributed by atoms with Crippen LogP contribution in [0.2, 0.25) is 0 Å². The molecular weight excluding hydrogens is 147 g/mol. The molecule has 0 saturated carbocycles. The van der Waals surface area contributed by atoms with Gasteiger partial charge in [-0.2, -0.15) is 0 Å². The predicted molar refractivity (Wildman–Crippen MR) is 45.0 cm³/mol. The molecule has 2 rings (SSSR count). The molecule has 0 aromatic heterocycles. The van der Waals surface area contributed by atoms with Gasteiger partial charge >= 0.3 is 84.4 Å². The zero-order valence-corrected chi connectivity index (χ0v) is 8.71. The van der Waals surface area contributed by atoms with Crippen LogP contribution < -0.4 is 4.74 Å². The molecule has 1 atom stereocenters. The number of hydrogen-bond acceptors (Lipinski definition) is 1. The summed E-state index contributed by atoms with van der Waals surface area (Å²) in [6.45, 7) is 0.908. The number of ether oxygens (including phenoxy) is 1. The molecule has 0 spiro atoms. The van der Waals surface area contributed by atoms with E-state index in [1.165, 1.54) is 39.9 Å². The van der Waals surface area contributed by atoms with Gasteiger partial charge in [-0.1, -0.05) is 0 Å². The van der Waals surface area contributed by atoms with Gasteiger partial charge in [-0.3, -0.25) is 0 Å². The molecule has 0 bridgehead atoms. The van der Waals surface area contributed by atoms with E-state index in [4.69, 9.17) is 4.74 Å². The maximum absolute atomic E-state index is 5.52. The average Bonchev–Trinajstić information content (AvgIpc) is 2.06. The van der Waals surface area contributed by atoms with E-state index in [1.807, 2.05) is 6.07 Å². The summed E-state index contributed by atoms with van der Waals surface area (Å²) < 4.78 is 6.32. The summed E-state index contributed by atoms with van der Waals surface area (Å²) >= 11 is 1.25. The van der Waals surface area contributed by atoms with E-state index < -0.39 is 0 Å². The van der Waals surface area contributed by atoms with Crippen molar-refractivity contribution in [2.75, 3.05) is 6.61 Å². The van der Waals surface area contributed by atoms with Crippen molar-refractivity contribution in [3.63, 3.8) is 0 Å². The molecule has 2 heteroatoms. The third-order valence-corrected chi connectivity index (χ3v) is 3.46. The molecule has 1 aromatic rings. The first kappa shape index (κ1) is 7.66. The molecule has 52 valence electrons. The normalized spacial score (nSPS) is 22.2. The fourth-order valence-corrected chi connectivity index (χ4v) is 2.23. The summed E-state index contributed by atoms with van der Waals surface area (Å²) in [5.41, 5.74) is 1.42. The van der Waals surface area contributed by atoms with Crippen molar-refractivity contribution < 1.29 is 4.74 Å². The van der Waals surface area contributed by atoms with Crippen LogP contribution in [0.15, 0.2) is 24.3 Å². The molecule has 0 aliphatic carbocycles. The Hall–Kier alpha value is 0.0200. The van der Waals surface area contributed by atoms with E-state index in [-0.39, 0.29) is 0 Å². The van der Waals surface area contributed by atoms with Crippen LogP contribution in [0.3, 0.4) is 0 Å². The molecule has 0 amide bonds. The van der Waals surface area contributed by atoms with Crippen LogP contribution >= 0.6 is 0 Å². The summed E-state index contributed by atoms with van der Waals surface area (Å²) in [7, 11) is 0. The summed E-state index contributed by atoms with van der Waals surface area (Å²) in [5.74, 6) is 1.11. The van der Waals surface area contributed by atoms with Crippen LogP contribution in [0.1, 0.15) is 15.2 Å². The predicted octanol–water partition coefficient (Wildman–Crippen LogP) is 1.68. The van der Waals surface area contributed by atoms with Gasteiger partial charge in [0.25, 0.3) is 0 Å². The van der Waals surface area contributed by atoms with E-state index in [9.17, 15) is 0 Å². The molecular formula is C9H9NaO. The van der Waals surface area contributed by atoms with Crippen molar-refractivity contribution >= 4 is 27.9 Å². The van der Waals surface area contributed by atoms with Gasteiger partial charge in [-0.25, -0.2) is 0 Å². The summed E-state index contributed by atoms with van der Waals surface area (Å²) in [5, 5.41) is 0. The monoisotopic (exact) mass is 156 g/mol. The number of benzene rings is 1. The second-order valence-electron chi connectivity index (χ2n) is 3.08. The molecule has 1 heterocycles. The van der Waals surface area contributed by atoms with Gasteiger partial charge in [0.1, 0.15) is 0 Å². The topological polar surface area (TPSA) is 9.23 Å². The zero-order valence-electron chi connectivity index (χ0n) is 6.71. The minimum atomic E-state index is 0.806. The van der Waals surface area contributed by atoms with Crippen LogP contribution in [0.5, 0.6) is 5.75 Å². The molecule has 0 saturated heterocycles. The zero-order chi connectivity index (χ0) is 7.68. The number of fused-ring (bicyclic) bond motifs is 1. The third-order valence-electron chi connectivity index (χ3n) is 2.26. The Morgan fingerprint density at radius 3 is 3.00 bits per heavy atom. The first-order valence-electron chi connectivity index (χ1n) is 4.09. The second kappa shape index (κ2) is 3.18. The van der Waals surface area contributed by atoms with E-state index >= 15 is 0 Å². The first-order valence-corrected chi connectivity index (χ1v) is 5.25. The van der Waals surface area contributed by atoms with Gasteiger partial charge in [0, 0.05) is 0 Å². The Bertz CT molecular complexity index is 259. The third kappa shape index (κ3) is 1.46. The van der Waals surface area contributed by atoms with Crippen molar-refractivity contribution in [2.45, 2.75) is 9.59 Å². The fraction of sp³-hybridized carbons (Fsp3) is 0.333. The van der Waals surface area contributed by atoms with E-state index in [0.717, 1.165) is 15.5 Å². The van der Waals surface area contributed by atoms with Crippen molar-refractivity contribution in [1.82, 2.24) is 0 Å². The van der Waals surface area contributed by atoms with Crippen molar-refractivity contribution in [3.8, 4) is 5.75 Å². The number of hydrogen-bond donors (Lipinski definition) is 0. The van der Waals surface area contributed by atoms with Crippen molar-refractivity contribution in [1.29, 1.82) is 0 Å². The number of para-hydroxylation sites is 1. The van der Waals surface area contributed by atoms with Crippen molar-refractivity contribution in [2.24, 2.45) is 0 Å². The van der Waals surface area contributed by atoms with E-state index in [0.29, 0.717) is 0 Å². The van der Waals surface area contributed by atoms with Crippen LogP contribution in [0.4, 0.5) is 0 Å². The van der Waals surface area contributed by atoms with E-state index in [2.05, 4.69) is 18.2 Å². The fourth-order valence-electron chi connectivity index (χ4n) is 1.52. The Labute approximate surface area is 84.2 Å². The van der Waals surface area contributed by atoms with Gasteiger partial charge < -0.3 is 0 Å². The summed E-state index contributed by atoms with van der Waals surface area (Å²) in [6, 6.07) is 8.39. The van der Waals surface area contributed by atoms with Crippen LogP contribution in [0, 0.1) is 0 Å². The Kier molecular flexibility index (Phi) is 2.21. The molecule has 11 heavy (non-hydrogen) atoms. The number of rotatable bonds is 0. The van der Waals surface area contributed by atoms with Crippen molar-refractivity contribution in [3.05, 3.63) is 29.8 Å². The minimum absolute atomic E-state index is 0.806. The average molecular weight is 156 g/mol. The van der Waals surface area contributed by atoms with Crippen LogP contribution in [0.25, 0.3) is 0 Å². The van der Waals surface area contributed by atoms with Gasteiger partial charge in [0.2, 0.25) is 0 Å². The van der Waals surface area contributed by atoms with Gasteiger partial charge in [0.15, 0.2) is 0 Å². The quantitative estimate of drug-likeness (QED) is 0.519. The maximum atomic E-state index is 5.52. The molecule has 1 aromatic carbocycles. The SMILES string of the molecule is [Na][CH]1CCOc2ccccc21. The Balaban J connectivity index is 2.44. The van der Waals surface area contributed by atoms with E-state index in [1.54, 1.807) is 0 Å². The Morgan fingerprint density at radius 1 is 1.36 bits per heavy atom. The molecule has 1 unspecified atom stereocenters. The molecule has 0 radical (unpaired) electrons. The van der Waals surface area contributed by atoms with Gasteiger partial charge in [-0.05, 0) is 0 Å². The molecule has 1 nitrogen and oxygen atoms in total. The van der Waals surface area contributed by atoms with Gasteiger partial charge in [-0.15, -0.1) is 0 Å². The summed E-state index contributed by atoms with van der Waals surface area (Å²) in [4.78, 5) is 0. The molecule has 1 aliphatic heterocycles. The molecule has 0 fully saturated rings. The Morgan fingerprint density at radius 2 is 2.18 bits per heavy atom. The van der Waals surface area contributed by atoms with Crippen LogP contribution in [-0.4, -0.2) is 34.5 Å². The van der Waals surface area contributed by atoms with Crippen LogP contribution in [-0.2, 0) is 0 Å². The molecule has 0 N–H and O–H groups in total. The van der Waals surface area contributed by atoms with Gasteiger partial charge in [0.05, 0.1) is 0 Å². The standard InChI is InChI=1S/C9H9O.Na/c1-2-6-9-8(4-1)5-3-7-10-9;/h1-2,4-6H,3,7H2;. The molecule has 1 aliphatic rings. The first-order chi connectivity index (χ1) is 5.38. The summed E-state index contributed by atoms with van der Waals surface area (Å²) in [6.07, 6.45) is 1.21.